The highest BCUT2D eigenvalue weighted by Gasteiger charge is 2.18. The van der Waals surface area contributed by atoms with Crippen LogP contribution in [-0.4, -0.2) is 5.11 Å². The molecule has 0 aliphatic heterocycles. The fourth-order valence-electron chi connectivity index (χ4n) is 2.19. The van der Waals surface area contributed by atoms with Crippen molar-refractivity contribution < 1.29 is 5.11 Å². The van der Waals surface area contributed by atoms with Crippen molar-refractivity contribution >= 4 is 21.6 Å². The van der Waals surface area contributed by atoms with Crippen LogP contribution in [0.2, 0.25) is 0 Å². The van der Waals surface area contributed by atoms with E-state index in [0.29, 0.717) is 5.69 Å². The van der Waals surface area contributed by atoms with E-state index in [1.54, 1.807) is 0 Å². The van der Waals surface area contributed by atoms with Gasteiger partial charge in [-0.1, -0.05) is 45.0 Å². The van der Waals surface area contributed by atoms with Crippen molar-refractivity contribution in [2.24, 2.45) is 0 Å². The molecule has 0 aromatic heterocycles. The predicted octanol–water partition coefficient (Wildman–Crippen LogP) is 4.49. The van der Waals surface area contributed by atoms with E-state index in [0.717, 1.165) is 21.2 Å². The zero-order valence-electron chi connectivity index (χ0n) is 12.1. The molecule has 0 atom stereocenters. The molecule has 2 aromatic rings. The van der Waals surface area contributed by atoms with E-state index in [4.69, 9.17) is 5.73 Å². The minimum absolute atomic E-state index is 0.00692. The lowest BCUT2D eigenvalue weighted by Crippen LogP contribution is -2.12. The Balaban J connectivity index is 2.70. The molecule has 0 unspecified atom stereocenters. The lowest BCUT2D eigenvalue weighted by molar-refractivity contribution is 0.282. The molecule has 2 nitrogen and oxygen atoms in total. The lowest BCUT2D eigenvalue weighted by atomic mass is 9.84. The second-order valence-corrected chi connectivity index (χ2v) is 6.84. The van der Waals surface area contributed by atoms with E-state index in [1.807, 2.05) is 24.3 Å². The number of halogens is 1. The van der Waals surface area contributed by atoms with E-state index in [2.05, 4.69) is 48.8 Å². The van der Waals surface area contributed by atoms with Gasteiger partial charge in [-0.2, -0.15) is 0 Å². The minimum atomic E-state index is 0.00692. The van der Waals surface area contributed by atoms with Crippen molar-refractivity contribution in [1.82, 2.24) is 0 Å². The zero-order valence-corrected chi connectivity index (χ0v) is 13.7. The minimum Gasteiger partial charge on any atom is -0.397 e. The zero-order chi connectivity index (χ0) is 14.9. The van der Waals surface area contributed by atoms with Gasteiger partial charge in [0.05, 0.1) is 12.3 Å². The van der Waals surface area contributed by atoms with E-state index in [1.165, 1.54) is 5.56 Å². The molecule has 0 heterocycles. The molecule has 0 spiro atoms. The average Bonchev–Trinajstić information content (AvgIpc) is 2.40. The topological polar surface area (TPSA) is 46.2 Å². The standard InChI is InChI=1S/C17H20BrNO/c1-17(2,3)12-8-14(16(19)15(18)9-12)13-7-5-4-6-11(13)10-20/h4-9,20H,10,19H2,1-3H3. The molecule has 3 heteroatoms. The Bertz CT molecular complexity index is 629. The van der Waals surface area contributed by atoms with Crippen LogP contribution in [0.15, 0.2) is 40.9 Å². The highest BCUT2D eigenvalue weighted by molar-refractivity contribution is 9.10. The number of hydrogen-bond donors (Lipinski definition) is 2. The Morgan fingerprint density at radius 2 is 1.75 bits per heavy atom. The van der Waals surface area contributed by atoms with Gasteiger partial charge in [0.2, 0.25) is 0 Å². The first-order valence-corrected chi connectivity index (χ1v) is 7.42. The van der Waals surface area contributed by atoms with Gasteiger partial charge in [-0.15, -0.1) is 0 Å². The Labute approximate surface area is 128 Å². The summed E-state index contributed by atoms with van der Waals surface area (Å²) in [6.45, 7) is 6.53. The summed E-state index contributed by atoms with van der Waals surface area (Å²) in [5.74, 6) is 0. The van der Waals surface area contributed by atoms with Gasteiger partial charge in [-0.3, -0.25) is 0 Å². The summed E-state index contributed by atoms with van der Waals surface area (Å²) in [4.78, 5) is 0. The monoisotopic (exact) mass is 333 g/mol. The van der Waals surface area contributed by atoms with Gasteiger partial charge >= 0.3 is 0 Å². The molecule has 0 fully saturated rings. The highest BCUT2D eigenvalue weighted by atomic mass is 79.9. The summed E-state index contributed by atoms with van der Waals surface area (Å²) in [5.41, 5.74) is 11.0. The maximum Gasteiger partial charge on any atom is 0.0687 e. The van der Waals surface area contributed by atoms with Crippen LogP contribution in [0.5, 0.6) is 0 Å². The molecule has 0 amide bonds. The van der Waals surface area contributed by atoms with Crippen LogP contribution in [0.3, 0.4) is 0 Å². The molecule has 0 aliphatic carbocycles. The largest absolute Gasteiger partial charge is 0.397 e. The van der Waals surface area contributed by atoms with Gasteiger partial charge in [-0.05, 0) is 50.2 Å². The predicted molar refractivity (Wildman–Crippen MR) is 88.6 cm³/mol. The van der Waals surface area contributed by atoms with Crippen molar-refractivity contribution in [3.05, 3.63) is 52.0 Å². The van der Waals surface area contributed by atoms with Crippen LogP contribution in [0.25, 0.3) is 11.1 Å². The van der Waals surface area contributed by atoms with Crippen molar-refractivity contribution in [2.75, 3.05) is 5.73 Å². The quantitative estimate of drug-likeness (QED) is 0.795. The number of nitrogen functional groups attached to an aromatic ring is 1. The SMILES string of the molecule is CC(C)(C)c1cc(Br)c(N)c(-c2ccccc2CO)c1. The van der Waals surface area contributed by atoms with Crippen LogP contribution < -0.4 is 5.73 Å². The first-order chi connectivity index (χ1) is 9.34. The Kier molecular flexibility index (Phi) is 4.21. The van der Waals surface area contributed by atoms with E-state index in [9.17, 15) is 5.11 Å². The molecular formula is C17H20BrNO. The second kappa shape index (κ2) is 5.58. The number of aliphatic hydroxyl groups is 1. The summed E-state index contributed by atoms with van der Waals surface area (Å²) in [6.07, 6.45) is 0. The molecular weight excluding hydrogens is 314 g/mol. The van der Waals surface area contributed by atoms with Crippen LogP contribution in [0.1, 0.15) is 31.9 Å². The third-order valence-corrected chi connectivity index (χ3v) is 4.13. The van der Waals surface area contributed by atoms with Crippen LogP contribution >= 0.6 is 15.9 Å². The molecule has 2 aromatic carbocycles. The summed E-state index contributed by atoms with van der Waals surface area (Å²) >= 11 is 3.55. The molecule has 0 radical (unpaired) electrons. The average molecular weight is 334 g/mol. The third-order valence-electron chi connectivity index (χ3n) is 3.47. The van der Waals surface area contributed by atoms with Gasteiger partial charge in [0, 0.05) is 10.0 Å². The molecule has 3 N–H and O–H groups in total. The first-order valence-electron chi connectivity index (χ1n) is 6.63. The van der Waals surface area contributed by atoms with E-state index < -0.39 is 0 Å². The molecule has 0 saturated heterocycles. The second-order valence-electron chi connectivity index (χ2n) is 5.98. The number of rotatable bonds is 2. The van der Waals surface area contributed by atoms with Crippen LogP contribution in [-0.2, 0) is 12.0 Å². The van der Waals surface area contributed by atoms with Crippen molar-refractivity contribution in [3.63, 3.8) is 0 Å². The number of benzene rings is 2. The fourth-order valence-corrected chi connectivity index (χ4v) is 2.65. The van der Waals surface area contributed by atoms with Gasteiger partial charge < -0.3 is 10.8 Å². The summed E-state index contributed by atoms with van der Waals surface area (Å²) in [5, 5.41) is 9.52. The number of aliphatic hydroxyl groups excluding tert-OH is 1. The Morgan fingerprint density at radius 3 is 2.35 bits per heavy atom. The molecule has 106 valence electrons. The maximum absolute atomic E-state index is 9.52. The van der Waals surface area contributed by atoms with Crippen molar-refractivity contribution in [2.45, 2.75) is 32.8 Å². The molecule has 0 aliphatic rings. The summed E-state index contributed by atoms with van der Waals surface area (Å²) < 4.78 is 0.896. The van der Waals surface area contributed by atoms with Gasteiger partial charge in [0.1, 0.15) is 0 Å². The number of hydrogen-bond acceptors (Lipinski definition) is 2. The Hall–Kier alpha value is -1.32. The lowest BCUT2D eigenvalue weighted by Gasteiger charge is -2.22. The Morgan fingerprint density at radius 1 is 1.10 bits per heavy atom. The van der Waals surface area contributed by atoms with E-state index in [-0.39, 0.29) is 12.0 Å². The highest BCUT2D eigenvalue weighted by Crippen LogP contribution is 2.38. The third kappa shape index (κ3) is 2.89. The molecule has 2 rings (SSSR count). The van der Waals surface area contributed by atoms with Crippen molar-refractivity contribution in [3.8, 4) is 11.1 Å². The normalized spacial score (nSPS) is 11.7. The van der Waals surface area contributed by atoms with Gasteiger partial charge in [-0.25, -0.2) is 0 Å². The smallest absolute Gasteiger partial charge is 0.0687 e. The number of nitrogens with two attached hydrogens (primary N) is 1. The summed E-state index contributed by atoms with van der Waals surface area (Å²) in [7, 11) is 0. The number of anilines is 1. The van der Waals surface area contributed by atoms with E-state index >= 15 is 0 Å². The fraction of sp³-hybridized carbons (Fsp3) is 0.294. The van der Waals surface area contributed by atoms with Crippen LogP contribution in [0.4, 0.5) is 5.69 Å². The summed E-state index contributed by atoms with van der Waals surface area (Å²) in [6, 6.07) is 12.0. The molecule has 20 heavy (non-hydrogen) atoms. The maximum atomic E-state index is 9.52. The van der Waals surface area contributed by atoms with Crippen molar-refractivity contribution in [1.29, 1.82) is 0 Å². The van der Waals surface area contributed by atoms with Gasteiger partial charge in [0.25, 0.3) is 0 Å². The molecule has 0 saturated carbocycles. The molecule has 0 bridgehead atoms. The first kappa shape index (κ1) is 15.1. The van der Waals surface area contributed by atoms with Crippen LogP contribution in [0, 0.1) is 0 Å². The van der Waals surface area contributed by atoms with Gasteiger partial charge in [0.15, 0.2) is 0 Å².